The SMILES string of the molecule is Cc1ccc(-c2noc(C(C)N3CCN(C(=O)COc4ccc(F)cc4F)CC3)n2)cc1. The summed E-state index contributed by atoms with van der Waals surface area (Å²) in [5.41, 5.74) is 2.05. The molecule has 4 rings (SSSR count). The first kappa shape index (κ1) is 21.9. The van der Waals surface area contributed by atoms with Crippen molar-refractivity contribution in [2.45, 2.75) is 19.9 Å². The van der Waals surface area contributed by atoms with Gasteiger partial charge in [-0.05, 0) is 26.0 Å². The molecule has 1 amide bonds. The molecule has 1 unspecified atom stereocenters. The van der Waals surface area contributed by atoms with Crippen molar-refractivity contribution in [1.29, 1.82) is 0 Å². The summed E-state index contributed by atoms with van der Waals surface area (Å²) in [6, 6.07) is 10.8. The number of hydrogen-bond acceptors (Lipinski definition) is 6. The number of aryl methyl sites for hydroxylation is 1. The van der Waals surface area contributed by atoms with E-state index in [2.05, 4.69) is 15.0 Å². The van der Waals surface area contributed by atoms with Crippen molar-refractivity contribution in [2.75, 3.05) is 32.8 Å². The number of hydrogen-bond donors (Lipinski definition) is 0. The summed E-state index contributed by atoms with van der Waals surface area (Å²) in [5, 5.41) is 4.09. The number of halogens is 2. The molecule has 1 aliphatic rings. The van der Waals surface area contributed by atoms with E-state index in [1.165, 1.54) is 6.07 Å². The molecule has 0 radical (unpaired) electrons. The second-order valence-corrected chi connectivity index (χ2v) is 7.78. The maximum Gasteiger partial charge on any atom is 0.260 e. The Kier molecular flexibility index (Phi) is 6.45. The van der Waals surface area contributed by atoms with Crippen LogP contribution >= 0.6 is 0 Å². The van der Waals surface area contributed by atoms with Gasteiger partial charge >= 0.3 is 0 Å². The second kappa shape index (κ2) is 9.44. The average molecular weight is 442 g/mol. The fraction of sp³-hybridized carbons (Fsp3) is 0.348. The number of carbonyl (C=O) groups excluding carboxylic acids is 1. The van der Waals surface area contributed by atoms with E-state index in [9.17, 15) is 13.6 Å². The summed E-state index contributed by atoms with van der Waals surface area (Å²) in [6.45, 7) is 5.95. The highest BCUT2D eigenvalue weighted by Gasteiger charge is 2.28. The second-order valence-electron chi connectivity index (χ2n) is 7.78. The van der Waals surface area contributed by atoms with Crippen molar-refractivity contribution < 1.29 is 22.8 Å². The number of piperazine rings is 1. The van der Waals surface area contributed by atoms with Crippen LogP contribution in [0.15, 0.2) is 47.0 Å². The Hall–Kier alpha value is -3.33. The van der Waals surface area contributed by atoms with Gasteiger partial charge in [-0.15, -0.1) is 0 Å². The predicted molar refractivity (Wildman–Crippen MR) is 113 cm³/mol. The molecule has 1 atom stereocenters. The van der Waals surface area contributed by atoms with Crippen LogP contribution < -0.4 is 4.74 Å². The third-order valence-corrected chi connectivity index (χ3v) is 5.57. The van der Waals surface area contributed by atoms with Crippen LogP contribution in [-0.2, 0) is 4.79 Å². The normalized spacial score (nSPS) is 15.6. The van der Waals surface area contributed by atoms with Crippen LogP contribution in [0.3, 0.4) is 0 Å². The van der Waals surface area contributed by atoms with Crippen LogP contribution in [-0.4, -0.2) is 58.6 Å². The van der Waals surface area contributed by atoms with Crippen molar-refractivity contribution in [3.8, 4) is 17.1 Å². The molecule has 0 saturated carbocycles. The Morgan fingerprint density at radius 2 is 1.84 bits per heavy atom. The van der Waals surface area contributed by atoms with Crippen LogP contribution in [0.4, 0.5) is 8.78 Å². The Morgan fingerprint density at radius 1 is 1.12 bits per heavy atom. The Bertz CT molecular complexity index is 1080. The molecule has 2 heterocycles. The Balaban J connectivity index is 1.29. The summed E-state index contributed by atoms with van der Waals surface area (Å²) >= 11 is 0. The van der Waals surface area contributed by atoms with Crippen LogP contribution in [0.5, 0.6) is 5.75 Å². The molecule has 0 N–H and O–H groups in total. The number of ether oxygens (including phenoxy) is 1. The summed E-state index contributed by atoms with van der Waals surface area (Å²) in [4.78, 5) is 20.8. The van der Waals surface area contributed by atoms with Crippen molar-refractivity contribution in [2.24, 2.45) is 0 Å². The summed E-state index contributed by atoms with van der Waals surface area (Å²) in [5.74, 6) is -0.853. The zero-order chi connectivity index (χ0) is 22.7. The van der Waals surface area contributed by atoms with E-state index in [1.807, 2.05) is 38.1 Å². The molecule has 1 saturated heterocycles. The predicted octanol–water partition coefficient (Wildman–Crippen LogP) is 3.61. The summed E-state index contributed by atoms with van der Waals surface area (Å²) in [7, 11) is 0. The van der Waals surface area contributed by atoms with Crippen molar-refractivity contribution >= 4 is 5.91 Å². The highest BCUT2D eigenvalue weighted by Crippen LogP contribution is 2.24. The standard InChI is InChI=1S/C23H24F2N4O3/c1-15-3-5-17(6-4-15)22-26-23(32-27-22)16(2)28-9-11-29(12-10-28)21(30)14-31-20-8-7-18(24)13-19(20)25/h3-8,13,16H,9-12,14H2,1-2H3. The van der Waals surface area contributed by atoms with Crippen LogP contribution in [0.25, 0.3) is 11.4 Å². The molecule has 1 aliphatic heterocycles. The fourth-order valence-electron chi connectivity index (χ4n) is 3.56. The zero-order valence-corrected chi connectivity index (χ0v) is 17.9. The number of carbonyl (C=O) groups is 1. The molecule has 0 aliphatic carbocycles. The minimum absolute atomic E-state index is 0.0940. The van der Waals surface area contributed by atoms with Gasteiger partial charge in [0.05, 0.1) is 6.04 Å². The lowest BCUT2D eigenvalue weighted by atomic mass is 10.1. The highest BCUT2D eigenvalue weighted by atomic mass is 19.1. The van der Waals surface area contributed by atoms with E-state index in [0.29, 0.717) is 37.9 Å². The quantitative estimate of drug-likeness (QED) is 0.581. The van der Waals surface area contributed by atoms with E-state index in [4.69, 9.17) is 9.26 Å². The number of nitrogens with zero attached hydrogens (tertiary/aromatic N) is 4. The molecule has 0 spiro atoms. The highest BCUT2D eigenvalue weighted by molar-refractivity contribution is 5.77. The fourth-order valence-corrected chi connectivity index (χ4v) is 3.56. The van der Waals surface area contributed by atoms with E-state index in [0.717, 1.165) is 23.3 Å². The topological polar surface area (TPSA) is 71.7 Å². The van der Waals surface area contributed by atoms with Crippen LogP contribution in [0.1, 0.15) is 24.4 Å². The minimum Gasteiger partial charge on any atom is -0.481 e. The third-order valence-electron chi connectivity index (χ3n) is 5.57. The maximum atomic E-state index is 13.7. The molecule has 168 valence electrons. The van der Waals surface area contributed by atoms with E-state index < -0.39 is 11.6 Å². The number of aromatic nitrogens is 2. The summed E-state index contributed by atoms with van der Waals surface area (Å²) in [6.07, 6.45) is 0. The van der Waals surface area contributed by atoms with Gasteiger partial charge in [-0.3, -0.25) is 9.69 Å². The first-order valence-electron chi connectivity index (χ1n) is 10.4. The Labute approximate surface area is 184 Å². The number of amides is 1. The van der Waals surface area contributed by atoms with Crippen molar-refractivity contribution in [3.63, 3.8) is 0 Å². The van der Waals surface area contributed by atoms with Gasteiger partial charge in [0.1, 0.15) is 5.82 Å². The van der Waals surface area contributed by atoms with Gasteiger partial charge in [-0.1, -0.05) is 35.0 Å². The van der Waals surface area contributed by atoms with E-state index >= 15 is 0 Å². The molecular formula is C23H24F2N4O3. The lowest BCUT2D eigenvalue weighted by molar-refractivity contribution is -0.135. The smallest absolute Gasteiger partial charge is 0.260 e. The third kappa shape index (κ3) is 4.94. The monoisotopic (exact) mass is 442 g/mol. The molecule has 9 heteroatoms. The van der Waals surface area contributed by atoms with E-state index in [-0.39, 0.29) is 24.3 Å². The van der Waals surface area contributed by atoms with Gasteiger partial charge in [-0.2, -0.15) is 4.98 Å². The largest absolute Gasteiger partial charge is 0.481 e. The van der Waals surface area contributed by atoms with Gasteiger partial charge in [0.2, 0.25) is 11.7 Å². The van der Waals surface area contributed by atoms with Crippen LogP contribution in [0, 0.1) is 18.6 Å². The lowest BCUT2D eigenvalue weighted by Gasteiger charge is -2.36. The Morgan fingerprint density at radius 3 is 2.53 bits per heavy atom. The van der Waals surface area contributed by atoms with Crippen molar-refractivity contribution in [3.05, 3.63) is 65.6 Å². The first-order chi connectivity index (χ1) is 15.4. The van der Waals surface area contributed by atoms with Gasteiger partial charge in [0, 0.05) is 37.8 Å². The molecule has 1 fully saturated rings. The van der Waals surface area contributed by atoms with Crippen LogP contribution in [0.2, 0.25) is 0 Å². The number of rotatable bonds is 6. The molecular weight excluding hydrogens is 418 g/mol. The molecule has 1 aromatic heterocycles. The zero-order valence-electron chi connectivity index (χ0n) is 17.9. The van der Waals surface area contributed by atoms with Gasteiger partial charge in [0.15, 0.2) is 18.2 Å². The molecule has 7 nitrogen and oxygen atoms in total. The minimum atomic E-state index is -0.832. The van der Waals surface area contributed by atoms with Crippen molar-refractivity contribution in [1.82, 2.24) is 19.9 Å². The molecule has 0 bridgehead atoms. The first-order valence-corrected chi connectivity index (χ1v) is 10.4. The lowest BCUT2D eigenvalue weighted by Crippen LogP contribution is -2.50. The van der Waals surface area contributed by atoms with Gasteiger partial charge < -0.3 is 14.2 Å². The maximum absolute atomic E-state index is 13.7. The molecule has 32 heavy (non-hydrogen) atoms. The summed E-state index contributed by atoms with van der Waals surface area (Å²) < 4.78 is 37.3. The van der Waals surface area contributed by atoms with E-state index in [1.54, 1.807) is 4.90 Å². The average Bonchev–Trinajstić information content (AvgIpc) is 3.29. The van der Waals surface area contributed by atoms with Gasteiger partial charge in [-0.25, -0.2) is 8.78 Å². The molecule has 3 aromatic rings. The molecule has 2 aromatic carbocycles. The van der Waals surface area contributed by atoms with Gasteiger partial charge in [0.25, 0.3) is 5.91 Å². The number of benzene rings is 2.